The first kappa shape index (κ1) is 14.8. The summed E-state index contributed by atoms with van der Waals surface area (Å²) in [5.74, 6) is 0.482. The van der Waals surface area contributed by atoms with Crippen molar-refractivity contribution in [3.63, 3.8) is 0 Å². The van der Waals surface area contributed by atoms with Crippen molar-refractivity contribution in [2.75, 3.05) is 18.9 Å². The highest BCUT2D eigenvalue weighted by Gasteiger charge is 2.15. The van der Waals surface area contributed by atoms with Gasteiger partial charge in [0.25, 0.3) is 0 Å². The van der Waals surface area contributed by atoms with Gasteiger partial charge >= 0.3 is 0 Å². The van der Waals surface area contributed by atoms with Crippen LogP contribution in [0.5, 0.6) is 5.88 Å². The van der Waals surface area contributed by atoms with Gasteiger partial charge < -0.3 is 15.2 Å². The maximum atomic E-state index is 5.90. The highest BCUT2D eigenvalue weighted by atomic mass is 35.5. The van der Waals surface area contributed by atoms with E-state index >= 15 is 0 Å². The van der Waals surface area contributed by atoms with E-state index in [0.29, 0.717) is 31.4 Å². The number of anilines is 1. The first-order valence-electron chi connectivity index (χ1n) is 6.99. The maximum Gasteiger partial charge on any atom is 0.225 e. The topological polar surface area (TPSA) is 70.3 Å². The van der Waals surface area contributed by atoms with E-state index in [4.69, 9.17) is 26.8 Å². The molecule has 0 aliphatic carbocycles. The molecular formula is C16H16ClN3O2. The summed E-state index contributed by atoms with van der Waals surface area (Å²) in [6, 6.07) is 7.55. The van der Waals surface area contributed by atoms with Gasteiger partial charge in [0.05, 0.1) is 18.8 Å². The van der Waals surface area contributed by atoms with Crippen LogP contribution in [0.3, 0.4) is 0 Å². The quantitative estimate of drug-likeness (QED) is 0.693. The Labute approximate surface area is 133 Å². The minimum absolute atomic E-state index is 0.166. The molecule has 2 N–H and O–H groups in total. The number of nitrogens with zero attached hydrogens (tertiary/aromatic N) is 2. The molecule has 3 rings (SSSR count). The summed E-state index contributed by atoms with van der Waals surface area (Å²) >= 11 is 5.90. The number of nitrogen functional groups attached to an aromatic ring is 1. The van der Waals surface area contributed by atoms with Crippen molar-refractivity contribution >= 4 is 22.9 Å². The molecule has 0 saturated carbocycles. The summed E-state index contributed by atoms with van der Waals surface area (Å²) in [6.45, 7) is 1.64. The fraction of sp³-hybridized carbons (Fsp3) is 0.250. The minimum Gasteiger partial charge on any atom is -0.472 e. The SMILES string of the molecule is Nc1cccc(COc2nc(Cl)ncc2C2=CCOCC2)c1. The second-order valence-electron chi connectivity index (χ2n) is 4.95. The number of hydrogen-bond acceptors (Lipinski definition) is 5. The van der Waals surface area contributed by atoms with E-state index in [9.17, 15) is 0 Å². The molecule has 0 unspecified atom stereocenters. The van der Waals surface area contributed by atoms with Crippen LogP contribution in [-0.2, 0) is 11.3 Å². The van der Waals surface area contributed by atoms with Gasteiger partial charge in [-0.15, -0.1) is 0 Å². The van der Waals surface area contributed by atoms with Gasteiger partial charge in [0.15, 0.2) is 0 Å². The highest BCUT2D eigenvalue weighted by molar-refractivity contribution is 6.28. The fourth-order valence-electron chi connectivity index (χ4n) is 2.28. The second-order valence-corrected chi connectivity index (χ2v) is 5.28. The van der Waals surface area contributed by atoms with Crippen LogP contribution in [0.15, 0.2) is 36.5 Å². The summed E-state index contributed by atoms with van der Waals surface area (Å²) in [7, 11) is 0. The molecule has 0 atom stereocenters. The zero-order valence-corrected chi connectivity index (χ0v) is 12.7. The number of rotatable bonds is 4. The van der Waals surface area contributed by atoms with Crippen LogP contribution in [0, 0.1) is 0 Å². The molecule has 1 aromatic heterocycles. The third-order valence-electron chi connectivity index (χ3n) is 3.36. The fourth-order valence-corrected chi connectivity index (χ4v) is 2.41. The van der Waals surface area contributed by atoms with Gasteiger partial charge in [-0.25, -0.2) is 4.98 Å². The van der Waals surface area contributed by atoms with Gasteiger partial charge in [0.2, 0.25) is 11.2 Å². The van der Waals surface area contributed by atoms with Gasteiger partial charge in [0.1, 0.15) is 6.61 Å². The Bertz CT molecular complexity index is 704. The van der Waals surface area contributed by atoms with Gasteiger partial charge in [0, 0.05) is 11.9 Å². The molecule has 114 valence electrons. The second kappa shape index (κ2) is 6.77. The van der Waals surface area contributed by atoms with Crippen LogP contribution in [0.25, 0.3) is 5.57 Å². The molecule has 1 aliphatic heterocycles. The molecule has 0 radical (unpaired) electrons. The van der Waals surface area contributed by atoms with E-state index in [1.165, 1.54) is 0 Å². The molecule has 1 aromatic carbocycles. The Morgan fingerprint density at radius 1 is 1.36 bits per heavy atom. The largest absolute Gasteiger partial charge is 0.472 e. The summed E-state index contributed by atoms with van der Waals surface area (Å²) in [6.07, 6.45) is 4.52. The van der Waals surface area contributed by atoms with Crippen LogP contribution in [0.2, 0.25) is 5.28 Å². The first-order chi connectivity index (χ1) is 10.7. The number of aromatic nitrogens is 2. The van der Waals surface area contributed by atoms with Crippen molar-refractivity contribution in [1.82, 2.24) is 9.97 Å². The molecule has 2 heterocycles. The lowest BCUT2D eigenvalue weighted by Crippen LogP contribution is -2.07. The Hall–Kier alpha value is -2.11. The van der Waals surface area contributed by atoms with Crippen molar-refractivity contribution in [2.24, 2.45) is 0 Å². The van der Waals surface area contributed by atoms with Gasteiger partial charge in [-0.2, -0.15) is 4.98 Å². The average molecular weight is 318 g/mol. The summed E-state index contributed by atoms with van der Waals surface area (Å²) in [4.78, 5) is 8.26. The van der Waals surface area contributed by atoms with E-state index in [1.807, 2.05) is 30.3 Å². The first-order valence-corrected chi connectivity index (χ1v) is 7.37. The van der Waals surface area contributed by atoms with E-state index in [0.717, 1.165) is 23.1 Å². The van der Waals surface area contributed by atoms with E-state index in [2.05, 4.69) is 9.97 Å². The molecule has 0 amide bonds. The Morgan fingerprint density at radius 3 is 3.05 bits per heavy atom. The lowest BCUT2D eigenvalue weighted by atomic mass is 10.0. The number of ether oxygens (including phenoxy) is 2. The zero-order valence-electron chi connectivity index (χ0n) is 12.0. The van der Waals surface area contributed by atoms with Gasteiger partial charge in [-0.3, -0.25) is 0 Å². The molecular weight excluding hydrogens is 302 g/mol. The highest BCUT2D eigenvalue weighted by Crippen LogP contribution is 2.29. The Balaban J connectivity index is 1.83. The summed E-state index contributed by atoms with van der Waals surface area (Å²) in [5.41, 5.74) is 9.42. The molecule has 0 spiro atoms. The number of nitrogens with two attached hydrogens (primary N) is 1. The van der Waals surface area contributed by atoms with E-state index in [-0.39, 0.29) is 5.28 Å². The van der Waals surface area contributed by atoms with Gasteiger partial charge in [-0.1, -0.05) is 18.2 Å². The lowest BCUT2D eigenvalue weighted by molar-refractivity contribution is 0.161. The molecule has 1 aliphatic rings. The number of benzene rings is 1. The van der Waals surface area contributed by atoms with Crippen LogP contribution >= 0.6 is 11.6 Å². The third-order valence-corrected chi connectivity index (χ3v) is 3.54. The lowest BCUT2D eigenvalue weighted by Gasteiger charge is -2.16. The van der Waals surface area contributed by atoms with Crippen molar-refractivity contribution in [2.45, 2.75) is 13.0 Å². The molecule has 0 saturated heterocycles. The third kappa shape index (κ3) is 3.55. The molecule has 22 heavy (non-hydrogen) atoms. The Morgan fingerprint density at radius 2 is 2.27 bits per heavy atom. The standard InChI is InChI=1S/C16H16ClN3O2/c17-16-19-9-14(12-4-6-21-7-5-12)15(20-16)22-10-11-2-1-3-13(18)8-11/h1-4,8-9H,5-7,10,18H2. The van der Waals surface area contributed by atoms with Crippen molar-refractivity contribution in [1.29, 1.82) is 0 Å². The predicted octanol–water partition coefficient (Wildman–Crippen LogP) is 3.09. The normalized spacial score (nSPS) is 14.5. The van der Waals surface area contributed by atoms with Crippen LogP contribution in [-0.4, -0.2) is 23.2 Å². The van der Waals surface area contributed by atoms with Crippen molar-refractivity contribution in [3.05, 3.63) is 52.9 Å². The predicted molar refractivity (Wildman–Crippen MR) is 85.6 cm³/mol. The van der Waals surface area contributed by atoms with Gasteiger partial charge in [-0.05, 0) is 41.3 Å². The van der Waals surface area contributed by atoms with Crippen LogP contribution in [0.4, 0.5) is 5.69 Å². The monoisotopic (exact) mass is 317 g/mol. The van der Waals surface area contributed by atoms with Crippen LogP contribution < -0.4 is 10.5 Å². The smallest absolute Gasteiger partial charge is 0.225 e. The number of hydrogen-bond donors (Lipinski definition) is 1. The minimum atomic E-state index is 0.166. The molecule has 5 nitrogen and oxygen atoms in total. The maximum absolute atomic E-state index is 5.90. The van der Waals surface area contributed by atoms with Crippen LogP contribution in [0.1, 0.15) is 17.5 Å². The summed E-state index contributed by atoms with van der Waals surface area (Å²) < 4.78 is 11.2. The zero-order chi connectivity index (χ0) is 15.4. The summed E-state index contributed by atoms with van der Waals surface area (Å²) in [5, 5.41) is 0.166. The molecule has 6 heteroatoms. The Kier molecular flexibility index (Phi) is 4.56. The molecule has 2 aromatic rings. The van der Waals surface area contributed by atoms with E-state index in [1.54, 1.807) is 6.20 Å². The number of halogens is 1. The average Bonchev–Trinajstić information content (AvgIpc) is 2.54. The molecule has 0 fully saturated rings. The van der Waals surface area contributed by atoms with Crippen molar-refractivity contribution < 1.29 is 9.47 Å². The molecule has 0 bridgehead atoms. The van der Waals surface area contributed by atoms with Crippen molar-refractivity contribution in [3.8, 4) is 5.88 Å². The van der Waals surface area contributed by atoms with E-state index < -0.39 is 0 Å².